The number of nitrogen functional groups attached to an aromatic ring is 1. The number of hydrogen-bond donors (Lipinski definition) is 2. The van der Waals surface area contributed by atoms with Gasteiger partial charge in [0, 0.05) is 12.5 Å². The molecule has 0 heterocycles. The quantitative estimate of drug-likeness (QED) is 0.757. The van der Waals surface area contributed by atoms with Crippen molar-refractivity contribution in [2.45, 2.75) is 31.7 Å². The van der Waals surface area contributed by atoms with Gasteiger partial charge in [0.15, 0.2) is 0 Å². The third kappa shape index (κ3) is 3.74. The molecular weight excluding hydrogens is 226 g/mol. The Labute approximate surface area is 108 Å². The molecule has 0 radical (unpaired) electrons. The Kier molecular flexibility index (Phi) is 4.20. The molecule has 3 N–H and O–H groups in total. The summed E-state index contributed by atoms with van der Waals surface area (Å²) in [6.45, 7) is 0.988. The van der Waals surface area contributed by atoms with Crippen molar-refractivity contribution in [1.29, 1.82) is 0 Å². The van der Waals surface area contributed by atoms with Crippen LogP contribution in [0.25, 0.3) is 0 Å². The summed E-state index contributed by atoms with van der Waals surface area (Å²) in [5.74, 6) is 0.0390. The van der Waals surface area contributed by atoms with Gasteiger partial charge in [0.05, 0.1) is 11.4 Å². The van der Waals surface area contributed by atoms with Gasteiger partial charge in [0.25, 0.3) is 0 Å². The molecule has 1 aromatic carbocycles. The van der Waals surface area contributed by atoms with Crippen molar-refractivity contribution in [2.24, 2.45) is 0 Å². The molecule has 18 heavy (non-hydrogen) atoms. The molecule has 0 aliphatic heterocycles. The van der Waals surface area contributed by atoms with Gasteiger partial charge >= 0.3 is 0 Å². The van der Waals surface area contributed by atoms with E-state index in [4.69, 9.17) is 5.73 Å². The lowest BCUT2D eigenvalue weighted by Crippen LogP contribution is -2.23. The number of nitrogens with one attached hydrogen (secondary N) is 1. The number of hydrogen-bond acceptors (Lipinski definition) is 3. The minimum atomic E-state index is 0.0390. The SMILES string of the molecule is CN(CCCC(=O)Nc1ccccc1N)C1CC1. The van der Waals surface area contributed by atoms with E-state index >= 15 is 0 Å². The van der Waals surface area contributed by atoms with Crippen LogP contribution in [-0.2, 0) is 4.79 Å². The van der Waals surface area contributed by atoms with Crippen LogP contribution < -0.4 is 11.1 Å². The lowest BCUT2D eigenvalue weighted by atomic mass is 10.2. The second-order valence-electron chi connectivity index (χ2n) is 4.95. The van der Waals surface area contributed by atoms with Gasteiger partial charge in [-0.3, -0.25) is 4.79 Å². The van der Waals surface area contributed by atoms with E-state index in [9.17, 15) is 4.79 Å². The Morgan fingerprint density at radius 1 is 1.44 bits per heavy atom. The molecule has 0 bridgehead atoms. The summed E-state index contributed by atoms with van der Waals surface area (Å²) in [7, 11) is 2.13. The molecular formula is C14H21N3O. The Hall–Kier alpha value is -1.55. The van der Waals surface area contributed by atoms with Crippen LogP contribution in [0.1, 0.15) is 25.7 Å². The van der Waals surface area contributed by atoms with Crippen LogP contribution >= 0.6 is 0 Å². The summed E-state index contributed by atoms with van der Waals surface area (Å²) >= 11 is 0. The number of benzene rings is 1. The average Bonchev–Trinajstić information content (AvgIpc) is 3.16. The summed E-state index contributed by atoms with van der Waals surface area (Å²) in [5, 5.41) is 2.85. The molecule has 98 valence electrons. The van der Waals surface area contributed by atoms with Crippen molar-refractivity contribution in [2.75, 3.05) is 24.6 Å². The fourth-order valence-corrected chi connectivity index (χ4v) is 2.01. The summed E-state index contributed by atoms with van der Waals surface area (Å²) in [6, 6.07) is 8.10. The topological polar surface area (TPSA) is 58.4 Å². The minimum absolute atomic E-state index is 0.0390. The first kappa shape index (κ1) is 12.9. The standard InChI is InChI=1S/C14H21N3O/c1-17(11-8-9-11)10-4-7-14(18)16-13-6-3-2-5-12(13)15/h2-3,5-6,11H,4,7-10,15H2,1H3,(H,16,18). The maximum absolute atomic E-state index is 11.7. The zero-order valence-corrected chi connectivity index (χ0v) is 10.9. The van der Waals surface area contributed by atoms with Gasteiger partial charge in [-0.15, -0.1) is 0 Å². The van der Waals surface area contributed by atoms with Crippen LogP contribution in [0, 0.1) is 0 Å². The normalized spacial score (nSPS) is 14.8. The predicted octanol–water partition coefficient (Wildman–Crippen LogP) is 2.08. The Morgan fingerprint density at radius 2 is 2.17 bits per heavy atom. The minimum Gasteiger partial charge on any atom is -0.397 e. The zero-order chi connectivity index (χ0) is 13.0. The van der Waals surface area contributed by atoms with Gasteiger partial charge in [-0.05, 0) is 45.0 Å². The van der Waals surface area contributed by atoms with Gasteiger partial charge in [0.2, 0.25) is 5.91 Å². The molecule has 4 heteroatoms. The molecule has 4 nitrogen and oxygen atoms in total. The number of amides is 1. The molecule has 1 amide bonds. The van der Waals surface area contributed by atoms with E-state index in [0.717, 1.165) is 19.0 Å². The van der Waals surface area contributed by atoms with Crippen molar-refractivity contribution >= 4 is 17.3 Å². The van der Waals surface area contributed by atoms with Crippen LogP contribution in [0.15, 0.2) is 24.3 Å². The largest absolute Gasteiger partial charge is 0.397 e. The molecule has 1 aliphatic carbocycles. The van der Waals surface area contributed by atoms with Crippen LogP contribution in [-0.4, -0.2) is 30.4 Å². The number of rotatable bonds is 6. The van der Waals surface area contributed by atoms with Crippen molar-refractivity contribution in [3.63, 3.8) is 0 Å². The maximum Gasteiger partial charge on any atom is 0.224 e. The van der Waals surface area contributed by atoms with E-state index in [1.165, 1.54) is 12.8 Å². The second-order valence-corrected chi connectivity index (χ2v) is 4.95. The summed E-state index contributed by atoms with van der Waals surface area (Å²) < 4.78 is 0. The molecule has 0 unspecified atom stereocenters. The van der Waals surface area contributed by atoms with Crippen molar-refractivity contribution in [3.05, 3.63) is 24.3 Å². The van der Waals surface area contributed by atoms with Crippen LogP contribution in [0.5, 0.6) is 0 Å². The van der Waals surface area contributed by atoms with E-state index in [0.29, 0.717) is 17.8 Å². The third-order valence-electron chi connectivity index (χ3n) is 3.32. The second kappa shape index (κ2) is 5.87. The smallest absolute Gasteiger partial charge is 0.224 e. The fraction of sp³-hybridized carbons (Fsp3) is 0.500. The number of nitrogens with two attached hydrogens (primary N) is 1. The molecule has 0 aromatic heterocycles. The first-order valence-electron chi connectivity index (χ1n) is 6.51. The fourth-order valence-electron chi connectivity index (χ4n) is 2.01. The van der Waals surface area contributed by atoms with Crippen molar-refractivity contribution < 1.29 is 4.79 Å². The molecule has 2 rings (SSSR count). The highest BCUT2D eigenvalue weighted by atomic mass is 16.1. The molecule has 0 saturated heterocycles. The van der Waals surface area contributed by atoms with E-state index in [2.05, 4.69) is 17.3 Å². The average molecular weight is 247 g/mol. The Bertz CT molecular complexity index is 415. The third-order valence-corrected chi connectivity index (χ3v) is 3.32. The molecule has 0 spiro atoms. The van der Waals surface area contributed by atoms with E-state index < -0.39 is 0 Å². The number of carbonyl (C=O) groups excluding carboxylic acids is 1. The lowest BCUT2D eigenvalue weighted by molar-refractivity contribution is -0.116. The lowest BCUT2D eigenvalue weighted by Gasteiger charge is -2.15. The highest BCUT2D eigenvalue weighted by Gasteiger charge is 2.25. The number of nitrogens with zero attached hydrogens (tertiary/aromatic N) is 1. The van der Waals surface area contributed by atoms with Gasteiger partial charge in [0.1, 0.15) is 0 Å². The van der Waals surface area contributed by atoms with Gasteiger partial charge in [-0.25, -0.2) is 0 Å². The van der Waals surface area contributed by atoms with Gasteiger partial charge in [-0.1, -0.05) is 12.1 Å². The summed E-state index contributed by atoms with van der Waals surface area (Å²) in [5.41, 5.74) is 7.09. The van der Waals surface area contributed by atoms with Crippen molar-refractivity contribution in [3.8, 4) is 0 Å². The number of carbonyl (C=O) groups is 1. The van der Waals surface area contributed by atoms with E-state index in [1.807, 2.05) is 18.2 Å². The highest BCUT2D eigenvalue weighted by Crippen LogP contribution is 2.25. The van der Waals surface area contributed by atoms with E-state index in [1.54, 1.807) is 6.07 Å². The van der Waals surface area contributed by atoms with Crippen LogP contribution in [0.4, 0.5) is 11.4 Å². The monoisotopic (exact) mass is 247 g/mol. The van der Waals surface area contributed by atoms with Gasteiger partial charge < -0.3 is 16.0 Å². The summed E-state index contributed by atoms with van der Waals surface area (Å²) in [4.78, 5) is 14.1. The molecule has 1 saturated carbocycles. The molecule has 1 fully saturated rings. The predicted molar refractivity (Wildman–Crippen MR) is 74.4 cm³/mol. The van der Waals surface area contributed by atoms with Crippen molar-refractivity contribution in [1.82, 2.24) is 4.90 Å². The molecule has 0 atom stereocenters. The first-order valence-corrected chi connectivity index (χ1v) is 6.51. The van der Waals surface area contributed by atoms with Crippen LogP contribution in [0.2, 0.25) is 0 Å². The highest BCUT2D eigenvalue weighted by molar-refractivity contribution is 5.93. The number of para-hydroxylation sites is 2. The first-order chi connectivity index (χ1) is 8.66. The maximum atomic E-state index is 11.7. The Morgan fingerprint density at radius 3 is 2.83 bits per heavy atom. The molecule has 1 aromatic rings. The number of anilines is 2. The van der Waals surface area contributed by atoms with Gasteiger partial charge in [-0.2, -0.15) is 0 Å². The van der Waals surface area contributed by atoms with E-state index in [-0.39, 0.29) is 5.91 Å². The molecule has 1 aliphatic rings. The van der Waals surface area contributed by atoms with Crippen LogP contribution in [0.3, 0.4) is 0 Å². The summed E-state index contributed by atoms with van der Waals surface area (Å²) in [6.07, 6.45) is 4.06. The zero-order valence-electron chi connectivity index (χ0n) is 10.9. The Balaban J connectivity index is 1.70.